The average Bonchev–Trinajstić information content (AvgIpc) is 3.73. The Kier molecular flexibility index (Phi) is 11.3. The van der Waals surface area contributed by atoms with Crippen LogP contribution in [0, 0.1) is 12.8 Å². The Bertz CT molecular complexity index is 2630. The van der Waals surface area contributed by atoms with Crippen LogP contribution in [0.5, 0.6) is 5.75 Å². The lowest BCUT2D eigenvalue weighted by atomic mass is 9.91. The first-order chi connectivity index (χ1) is 31.9. The minimum Gasteiger partial charge on any atom is -0.507 e. The number of aromatic hydroxyl groups is 1. The van der Waals surface area contributed by atoms with Crippen LogP contribution in [0.15, 0.2) is 66.7 Å². The number of nitrogens with zero attached hydrogens (tertiary/aromatic N) is 8. The number of anilines is 4. The number of nitrogens with one attached hydrogen (secondary N) is 1. The first-order valence-electron chi connectivity index (χ1n) is 23.2. The lowest BCUT2D eigenvalue weighted by Crippen LogP contribution is -2.54. The van der Waals surface area contributed by atoms with E-state index < -0.39 is 29.7 Å². The number of carbonyl (C=O) groups excluding carboxylic acids is 6. The molecule has 3 unspecified atom stereocenters. The third-order valence-corrected chi connectivity index (χ3v) is 14.7. The van der Waals surface area contributed by atoms with Gasteiger partial charge in [0.05, 0.1) is 22.5 Å². The highest BCUT2D eigenvalue weighted by atomic mass is 16.3. The number of benzene rings is 3. The smallest absolute Gasteiger partial charge is 0.262 e. The van der Waals surface area contributed by atoms with E-state index in [-0.39, 0.29) is 53.6 Å². The predicted octanol–water partition coefficient (Wildman–Crippen LogP) is 3.98. The van der Waals surface area contributed by atoms with E-state index in [1.165, 1.54) is 0 Å². The number of phenolic OH excluding ortho intramolecular Hbond substituents is 1. The van der Waals surface area contributed by atoms with E-state index in [1.807, 2.05) is 53.1 Å². The van der Waals surface area contributed by atoms with Crippen molar-refractivity contribution in [1.29, 1.82) is 0 Å². The van der Waals surface area contributed by atoms with Crippen molar-refractivity contribution in [2.45, 2.75) is 76.4 Å². The number of hydrogen-bond acceptors (Lipinski definition) is 13. The second-order valence-corrected chi connectivity index (χ2v) is 18.5. The molecule has 3 aromatic carbocycles. The first kappa shape index (κ1) is 42.9. The molecule has 66 heavy (non-hydrogen) atoms. The largest absolute Gasteiger partial charge is 0.507 e. The molecule has 17 nitrogen and oxygen atoms in total. The number of piperazine rings is 2. The van der Waals surface area contributed by atoms with Gasteiger partial charge in [-0.3, -0.25) is 39.0 Å². The number of carbonyl (C=O) groups is 6. The Hall–Kier alpha value is -7.04. The second kappa shape index (κ2) is 17.4. The van der Waals surface area contributed by atoms with Crippen LogP contribution < -0.4 is 25.8 Å². The fraction of sp³-hybridized carbons (Fsp3) is 0.429. The highest BCUT2D eigenvalue weighted by molar-refractivity contribution is 6.23. The molecule has 6 aliphatic rings. The van der Waals surface area contributed by atoms with Gasteiger partial charge in [0, 0.05) is 99.8 Å². The number of hydrogen-bond donors (Lipinski definition) is 3. The molecular formula is C49H54N10O7. The van der Waals surface area contributed by atoms with Crippen LogP contribution in [0.1, 0.15) is 88.0 Å². The van der Waals surface area contributed by atoms with Crippen molar-refractivity contribution in [3.63, 3.8) is 0 Å². The third kappa shape index (κ3) is 7.83. The van der Waals surface area contributed by atoms with Crippen molar-refractivity contribution in [2.24, 2.45) is 5.92 Å². The van der Waals surface area contributed by atoms with Gasteiger partial charge in [-0.1, -0.05) is 18.2 Å². The Balaban J connectivity index is 0.701. The summed E-state index contributed by atoms with van der Waals surface area (Å²) >= 11 is 0. The summed E-state index contributed by atoms with van der Waals surface area (Å²) in [5, 5.41) is 21.2. The second-order valence-electron chi connectivity index (χ2n) is 18.5. The highest BCUT2D eigenvalue weighted by Gasteiger charge is 2.45. The number of nitrogen functional groups attached to an aromatic ring is 1. The molecule has 0 aliphatic carbocycles. The lowest BCUT2D eigenvalue weighted by molar-refractivity contribution is -0.136. The molecule has 0 saturated carbocycles. The number of para-hydroxylation sites is 1. The summed E-state index contributed by atoms with van der Waals surface area (Å²) in [6.07, 6.45) is 5.20. The number of amides is 6. The quantitative estimate of drug-likeness (QED) is 0.204. The average molecular weight is 895 g/mol. The molecule has 5 fully saturated rings. The van der Waals surface area contributed by atoms with E-state index in [2.05, 4.69) is 36.3 Å². The first-order valence-corrected chi connectivity index (χ1v) is 23.2. The minimum absolute atomic E-state index is 0.0162. The lowest BCUT2D eigenvalue weighted by Gasteiger charge is -2.44. The molecule has 2 bridgehead atoms. The molecular weight excluding hydrogens is 841 g/mol. The van der Waals surface area contributed by atoms with Crippen molar-refractivity contribution in [1.82, 2.24) is 30.2 Å². The maximum absolute atomic E-state index is 14.1. The molecule has 4 aromatic rings. The van der Waals surface area contributed by atoms with Gasteiger partial charge in [-0.05, 0) is 105 Å². The zero-order chi connectivity index (χ0) is 45.8. The number of fused-ring (bicyclic) bond motifs is 3. The molecule has 342 valence electrons. The van der Waals surface area contributed by atoms with Gasteiger partial charge in [0.25, 0.3) is 17.7 Å². The highest BCUT2D eigenvalue weighted by Crippen LogP contribution is 2.41. The molecule has 17 heteroatoms. The summed E-state index contributed by atoms with van der Waals surface area (Å²) in [7, 11) is 0. The molecule has 3 atom stereocenters. The Morgan fingerprint density at radius 3 is 2.18 bits per heavy atom. The molecule has 4 N–H and O–H groups in total. The van der Waals surface area contributed by atoms with Crippen LogP contribution >= 0.6 is 0 Å². The zero-order valence-electron chi connectivity index (χ0n) is 37.0. The molecule has 5 saturated heterocycles. The van der Waals surface area contributed by atoms with Gasteiger partial charge in [0.1, 0.15) is 11.8 Å². The summed E-state index contributed by atoms with van der Waals surface area (Å²) in [6.45, 7) is 6.93. The standard InChI is InChI=1S/C49H54N10O7/c1-29-34(6-4-7-39(29)58-32-10-11-33(58)28-57(27-32)41-26-38(52-53-45(41)50)36-5-2-3-8-42(36)60)47(64)56-23-21-55(22-24-56)44(62)16-9-30-17-19-54(20-18-30)31-12-13-35-37(25-31)49(66)59(48(35)65)40-14-15-43(61)51-46(40)63/h2-8,12-13,25-26,30,32-33,40,60H,9-11,14-24,27-28H2,1H3,(H2,50,53)(H,51,61,63). The minimum atomic E-state index is -1.00. The number of imide groups is 2. The van der Waals surface area contributed by atoms with E-state index in [0.29, 0.717) is 61.2 Å². The van der Waals surface area contributed by atoms with Gasteiger partial charge in [0.15, 0.2) is 5.82 Å². The van der Waals surface area contributed by atoms with Crippen LogP contribution in [-0.4, -0.2) is 136 Å². The van der Waals surface area contributed by atoms with E-state index in [9.17, 15) is 33.9 Å². The van der Waals surface area contributed by atoms with Gasteiger partial charge < -0.3 is 35.3 Å². The van der Waals surface area contributed by atoms with Crippen LogP contribution in [-0.2, 0) is 14.4 Å². The summed E-state index contributed by atoms with van der Waals surface area (Å²) in [5.74, 6) is -1.12. The number of nitrogens with two attached hydrogens (primary N) is 1. The third-order valence-electron chi connectivity index (χ3n) is 14.7. The maximum Gasteiger partial charge on any atom is 0.262 e. The SMILES string of the molecule is Cc1c(C(=O)N2CCN(C(=O)CCC3CCN(c4ccc5c(c4)C(=O)N(C4CCC(=O)NC4=O)C5=O)CC3)CC2)cccc1N1C2CCC1CN(c1cc(-c3ccccc3O)nnc1N)C2. The predicted molar refractivity (Wildman–Crippen MR) is 246 cm³/mol. The Labute approximate surface area is 382 Å². The molecule has 10 rings (SSSR count). The molecule has 0 radical (unpaired) electrons. The molecule has 0 spiro atoms. The molecule has 6 aliphatic heterocycles. The van der Waals surface area contributed by atoms with Crippen molar-refractivity contribution >= 4 is 58.3 Å². The Morgan fingerprint density at radius 2 is 1.45 bits per heavy atom. The summed E-state index contributed by atoms with van der Waals surface area (Å²) in [4.78, 5) is 89.9. The summed E-state index contributed by atoms with van der Waals surface area (Å²) in [6, 6.07) is 19.6. The number of piperidine rings is 2. The number of aromatic nitrogens is 2. The molecule has 6 amide bonds. The van der Waals surface area contributed by atoms with Crippen molar-refractivity contribution < 1.29 is 33.9 Å². The van der Waals surface area contributed by atoms with Gasteiger partial charge >= 0.3 is 0 Å². The van der Waals surface area contributed by atoms with Crippen LogP contribution in [0.25, 0.3) is 11.3 Å². The topological polar surface area (TPSA) is 206 Å². The van der Waals surface area contributed by atoms with E-state index in [1.54, 1.807) is 24.3 Å². The van der Waals surface area contributed by atoms with E-state index in [4.69, 9.17) is 5.73 Å². The van der Waals surface area contributed by atoms with Gasteiger partial charge in [-0.15, -0.1) is 10.2 Å². The van der Waals surface area contributed by atoms with Crippen molar-refractivity contribution in [2.75, 3.05) is 72.8 Å². The Morgan fingerprint density at radius 1 is 0.742 bits per heavy atom. The molecule has 1 aromatic heterocycles. The van der Waals surface area contributed by atoms with Crippen LogP contribution in [0.4, 0.5) is 22.9 Å². The number of phenols is 1. The fourth-order valence-electron chi connectivity index (χ4n) is 11.0. The van der Waals surface area contributed by atoms with Crippen molar-refractivity contribution in [3.05, 3.63) is 89.0 Å². The zero-order valence-corrected chi connectivity index (χ0v) is 37.0. The van der Waals surface area contributed by atoms with Gasteiger partial charge in [-0.25, -0.2) is 0 Å². The van der Waals surface area contributed by atoms with Crippen molar-refractivity contribution in [3.8, 4) is 17.0 Å². The number of rotatable bonds is 9. The normalized spacial score (nSPS) is 22.3. The van der Waals surface area contributed by atoms with E-state index in [0.717, 1.165) is 85.8 Å². The fourth-order valence-corrected chi connectivity index (χ4v) is 11.0. The summed E-state index contributed by atoms with van der Waals surface area (Å²) in [5.41, 5.74) is 12.4. The summed E-state index contributed by atoms with van der Waals surface area (Å²) < 4.78 is 0. The van der Waals surface area contributed by atoms with Crippen LogP contribution in [0.3, 0.4) is 0 Å². The van der Waals surface area contributed by atoms with E-state index >= 15 is 0 Å². The monoisotopic (exact) mass is 894 g/mol. The van der Waals surface area contributed by atoms with Crippen LogP contribution in [0.2, 0.25) is 0 Å². The maximum atomic E-state index is 14.1. The van der Waals surface area contributed by atoms with Gasteiger partial charge in [0.2, 0.25) is 17.7 Å². The van der Waals surface area contributed by atoms with Gasteiger partial charge in [-0.2, -0.15) is 0 Å². The molecule has 7 heterocycles.